The van der Waals surface area contributed by atoms with E-state index in [0.29, 0.717) is 0 Å². The topological polar surface area (TPSA) is 131 Å². The first-order valence-electron chi connectivity index (χ1n) is 4.56. The summed E-state index contributed by atoms with van der Waals surface area (Å²) in [5.41, 5.74) is 0. The fourth-order valence-corrected chi connectivity index (χ4v) is 0.391. The smallest absolute Gasteiger partial charge is 0.319 e. The van der Waals surface area contributed by atoms with E-state index < -0.39 is 13.4 Å². The number of hydrogen-bond donors (Lipinski definition) is 6. The van der Waals surface area contributed by atoms with E-state index in [9.17, 15) is 0 Å². The van der Waals surface area contributed by atoms with E-state index in [-0.39, 0.29) is 0 Å². The minimum absolute atomic E-state index is 0.861. The van der Waals surface area contributed by atoms with Crippen LogP contribution < -0.4 is 0 Å². The molecule has 0 aliphatic rings. The van der Waals surface area contributed by atoms with Gasteiger partial charge in [-0.25, -0.2) is 0 Å². The van der Waals surface area contributed by atoms with Crippen LogP contribution in [0.3, 0.4) is 0 Å². The average Bonchev–Trinajstić information content (AvgIpc) is 1.99. The largest absolute Gasteiger partial charge is 0.382 e. The van der Waals surface area contributed by atoms with Crippen molar-refractivity contribution in [3.63, 3.8) is 0 Å². The molecule has 0 aromatic rings. The molecule has 0 saturated heterocycles. The van der Waals surface area contributed by atoms with Gasteiger partial charge in [0, 0.05) is 13.2 Å². The molecule has 0 spiro atoms. The highest BCUT2D eigenvalue weighted by Crippen LogP contribution is 2.26. The molecule has 108 valence electrons. The highest BCUT2D eigenvalue weighted by atomic mass is 32.5. The minimum Gasteiger partial charge on any atom is -0.382 e. The second kappa shape index (κ2) is 13.5. The third-order valence-corrected chi connectivity index (χ3v) is 0.846. The normalized spacial score (nSPS) is 10.8. The van der Waals surface area contributed by atoms with Gasteiger partial charge in [-0.2, -0.15) is 0 Å². The molecule has 0 saturated carbocycles. The first-order chi connectivity index (χ1) is 7.41. The van der Waals surface area contributed by atoms with Crippen molar-refractivity contribution < 1.29 is 34.1 Å². The summed E-state index contributed by atoms with van der Waals surface area (Å²) in [5.74, 6) is 0. The molecule has 0 bridgehead atoms. The molecule has 0 unspecified atom stereocenters. The lowest BCUT2D eigenvalue weighted by atomic mass is 10.4. The summed E-state index contributed by atoms with van der Waals surface area (Å²) in [4.78, 5) is 45.3. The van der Waals surface area contributed by atoms with E-state index in [1.165, 1.54) is 12.8 Å². The summed E-state index contributed by atoms with van der Waals surface area (Å²) in [6, 6.07) is 0. The van der Waals surface area contributed by atoms with Crippen LogP contribution >= 0.6 is 13.4 Å². The fourth-order valence-electron chi connectivity index (χ4n) is 0.391. The standard InChI is InChI=1S/C6H14O.2H3O3PS/c1-3-5-6-7-4-2;2*1-4(2,3)5/h3-6H2,1-2H3;2*(H3,1,2,3,5). The van der Waals surface area contributed by atoms with Crippen LogP contribution in [-0.2, 0) is 28.4 Å². The van der Waals surface area contributed by atoms with Crippen molar-refractivity contribution in [1.29, 1.82) is 0 Å². The van der Waals surface area contributed by atoms with Crippen molar-refractivity contribution in [3.05, 3.63) is 0 Å². The third-order valence-electron chi connectivity index (χ3n) is 0.846. The zero-order chi connectivity index (χ0) is 14.5. The Kier molecular flexibility index (Phi) is 18.3. The maximum atomic E-state index is 7.56. The molecule has 0 heterocycles. The Labute approximate surface area is 111 Å². The predicted molar refractivity (Wildman–Crippen MR) is 73.3 cm³/mol. The average molecular weight is 330 g/mol. The van der Waals surface area contributed by atoms with Crippen molar-refractivity contribution in [3.8, 4) is 0 Å². The van der Waals surface area contributed by atoms with Gasteiger partial charge in [0.25, 0.3) is 0 Å². The van der Waals surface area contributed by atoms with Crippen molar-refractivity contribution in [2.75, 3.05) is 13.2 Å². The molecular formula is C6H20O7P2S2. The highest BCUT2D eigenvalue weighted by Gasteiger charge is 1.92. The van der Waals surface area contributed by atoms with E-state index in [0.717, 1.165) is 13.2 Å². The zero-order valence-electron chi connectivity index (χ0n) is 9.63. The Morgan fingerprint density at radius 3 is 1.35 bits per heavy atom. The molecule has 0 atom stereocenters. The SMILES string of the molecule is CCCCOCC.OP(O)(O)=S.OP(O)(O)=S. The van der Waals surface area contributed by atoms with Crippen LogP contribution in [-0.4, -0.2) is 42.6 Å². The lowest BCUT2D eigenvalue weighted by Gasteiger charge is -1.94. The van der Waals surface area contributed by atoms with Crippen LogP contribution in [0, 0.1) is 0 Å². The van der Waals surface area contributed by atoms with E-state index in [1.54, 1.807) is 0 Å². The molecule has 0 aromatic carbocycles. The van der Waals surface area contributed by atoms with Crippen LogP contribution in [0.25, 0.3) is 0 Å². The Hall–Kier alpha value is 1.02. The van der Waals surface area contributed by atoms with Crippen molar-refractivity contribution in [2.24, 2.45) is 0 Å². The third kappa shape index (κ3) is 152. The minimum atomic E-state index is -3.81. The second-order valence-corrected chi connectivity index (χ2v) is 7.57. The number of hydrogen-bond acceptors (Lipinski definition) is 3. The number of unbranched alkanes of at least 4 members (excludes halogenated alkanes) is 1. The maximum absolute atomic E-state index is 7.56. The fraction of sp³-hybridized carbons (Fsp3) is 1.00. The van der Waals surface area contributed by atoms with Crippen LogP contribution in [0.5, 0.6) is 0 Å². The molecule has 7 nitrogen and oxygen atoms in total. The molecular weight excluding hydrogens is 310 g/mol. The quantitative estimate of drug-likeness (QED) is 0.316. The summed E-state index contributed by atoms with van der Waals surface area (Å²) < 4.78 is 5.07. The molecule has 17 heavy (non-hydrogen) atoms. The monoisotopic (exact) mass is 330 g/mol. The first-order valence-corrected chi connectivity index (χ1v) is 9.88. The molecule has 0 aliphatic heterocycles. The summed E-state index contributed by atoms with van der Waals surface area (Å²) in [5, 5.41) is 0. The number of rotatable bonds is 4. The summed E-state index contributed by atoms with van der Waals surface area (Å²) in [7, 11) is 0. The van der Waals surface area contributed by atoms with Crippen LogP contribution in [0.4, 0.5) is 0 Å². The maximum Gasteiger partial charge on any atom is 0.319 e. The molecule has 0 amide bonds. The molecule has 11 heteroatoms. The first kappa shape index (κ1) is 23.1. The predicted octanol–water partition coefficient (Wildman–Crippen LogP) is 0.199. The van der Waals surface area contributed by atoms with Gasteiger partial charge in [-0.3, -0.25) is 0 Å². The zero-order valence-corrected chi connectivity index (χ0v) is 13.1. The summed E-state index contributed by atoms with van der Waals surface area (Å²) in [6.07, 6.45) is 2.44. The molecule has 0 fully saturated rings. The highest BCUT2D eigenvalue weighted by molar-refractivity contribution is 8.06. The van der Waals surface area contributed by atoms with Crippen molar-refractivity contribution in [2.45, 2.75) is 26.7 Å². The Morgan fingerprint density at radius 2 is 1.18 bits per heavy atom. The molecule has 6 N–H and O–H groups in total. The second-order valence-electron chi connectivity index (χ2n) is 2.58. The van der Waals surface area contributed by atoms with Gasteiger partial charge in [-0.15, -0.1) is 0 Å². The lowest BCUT2D eigenvalue weighted by Crippen LogP contribution is -1.90. The van der Waals surface area contributed by atoms with Gasteiger partial charge in [0.1, 0.15) is 0 Å². The Balaban J connectivity index is -0.000000177. The molecule has 0 radical (unpaired) electrons. The van der Waals surface area contributed by atoms with Gasteiger partial charge >= 0.3 is 13.4 Å². The van der Waals surface area contributed by atoms with E-state index >= 15 is 0 Å². The molecule has 0 rings (SSSR count). The molecule has 0 aliphatic carbocycles. The van der Waals surface area contributed by atoms with E-state index in [1.807, 2.05) is 6.92 Å². The molecule has 0 aromatic heterocycles. The van der Waals surface area contributed by atoms with Crippen molar-refractivity contribution in [1.82, 2.24) is 0 Å². The number of ether oxygens (including phenoxy) is 1. The van der Waals surface area contributed by atoms with Gasteiger partial charge in [-0.1, -0.05) is 13.3 Å². The van der Waals surface area contributed by atoms with Crippen molar-refractivity contribution >= 4 is 37.1 Å². The van der Waals surface area contributed by atoms with Crippen LogP contribution in [0.1, 0.15) is 26.7 Å². The van der Waals surface area contributed by atoms with Gasteiger partial charge in [0.15, 0.2) is 0 Å². The van der Waals surface area contributed by atoms with E-state index in [2.05, 4.69) is 30.5 Å². The van der Waals surface area contributed by atoms with Crippen LogP contribution in [0.15, 0.2) is 0 Å². The van der Waals surface area contributed by atoms with Crippen LogP contribution in [0.2, 0.25) is 0 Å². The Morgan fingerprint density at radius 1 is 0.882 bits per heavy atom. The van der Waals surface area contributed by atoms with E-state index in [4.69, 9.17) is 34.1 Å². The van der Waals surface area contributed by atoms with Gasteiger partial charge in [-0.05, 0) is 37.0 Å². The summed E-state index contributed by atoms with van der Waals surface area (Å²) in [6.45, 7) is -1.62. The summed E-state index contributed by atoms with van der Waals surface area (Å²) >= 11 is 7.21. The Bertz CT molecular complexity index is 198. The van der Waals surface area contributed by atoms with Gasteiger partial charge < -0.3 is 34.1 Å². The van der Waals surface area contributed by atoms with Gasteiger partial charge in [0.2, 0.25) is 0 Å². The lowest BCUT2D eigenvalue weighted by molar-refractivity contribution is 0.144. The van der Waals surface area contributed by atoms with Gasteiger partial charge in [0.05, 0.1) is 0 Å².